The van der Waals surface area contributed by atoms with Gasteiger partial charge in [0.2, 0.25) is 0 Å². The maximum absolute atomic E-state index is 5.89. The van der Waals surface area contributed by atoms with Gasteiger partial charge >= 0.3 is 0 Å². The van der Waals surface area contributed by atoms with E-state index in [9.17, 15) is 0 Å². The molecule has 0 fully saturated rings. The van der Waals surface area contributed by atoms with Gasteiger partial charge in [-0.3, -0.25) is 0 Å². The topological polar surface area (TPSA) is 51.4 Å². The predicted octanol–water partition coefficient (Wildman–Crippen LogP) is 2.44. The van der Waals surface area contributed by atoms with Crippen molar-refractivity contribution in [3.05, 3.63) is 42.6 Å². The van der Waals surface area contributed by atoms with Gasteiger partial charge in [0, 0.05) is 25.0 Å². The summed E-state index contributed by atoms with van der Waals surface area (Å²) < 4.78 is 5.19. The Balaban J connectivity index is 2.37. The number of nitrogen functional groups attached to an aromatic ring is 1. The van der Waals surface area contributed by atoms with E-state index in [4.69, 9.17) is 10.5 Å². The normalized spacial score (nSPS) is 10.0. The molecule has 0 aliphatic carbocycles. The summed E-state index contributed by atoms with van der Waals surface area (Å²) in [5.41, 5.74) is 7.53. The standard InChI is InChI=1S/C13H15N3O/c1-16(13-12(14)7-4-8-15-13)10-5-3-6-11(9-10)17-2/h3-9H,14H2,1-2H3. The Bertz CT molecular complexity index is 514. The van der Waals surface area contributed by atoms with Crippen LogP contribution in [0.4, 0.5) is 17.2 Å². The van der Waals surface area contributed by atoms with Gasteiger partial charge in [-0.25, -0.2) is 4.98 Å². The van der Waals surface area contributed by atoms with Gasteiger partial charge in [-0.05, 0) is 24.3 Å². The van der Waals surface area contributed by atoms with Crippen LogP contribution in [-0.4, -0.2) is 19.1 Å². The van der Waals surface area contributed by atoms with Gasteiger partial charge in [-0.15, -0.1) is 0 Å². The minimum Gasteiger partial charge on any atom is -0.497 e. The van der Waals surface area contributed by atoms with Crippen LogP contribution in [-0.2, 0) is 0 Å². The van der Waals surface area contributed by atoms with Crippen LogP contribution in [0.5, 0.6) is 5.75 Å². The molecule has 1 aromatic carbocycles. The van der Waals surface area contributed by atoms with Gasteiger partial charge in [-0.2, -0.15) is 0 Å². The van der Waals surface area contributed by atoms with Crippen molar-refractivity contribution in [1.29, 1.82) is 0 Å². The number of ether oxygens (including phenoxy) is 1. The van der Waals surface area contributed by atoms with Gasteiger partial charge in [0.1, 0.15) is 5.75 Å². The maximum atomic E-state index is 5.89. The molecule has 88 valence electrons. The number of anilines is 3. The number of hydrogen-bond acceptors (Lipinski definition) is 4. The molecule has 0 spiro atoms. The van der Waals surface area contributed by atoms with E-state index in [2.05, 4.69) is 4.98 Å². The summed E-state index contributed by atoms with van der Waals surface area (Å²) in [5, 5.41) is 0. The third-order valence-corrected chi connectivity index (χ3v) is 2.58. The molecular weight excluding hydrogens is 214 g/mol. The first-order chi connectivity index (χ1) is 8.22. The minimum absolute atomic E-state index is 0.651. The molecule has 0 bridgehead atoms. The van der Waals surface area contributed by atoms with Crippen LogP contribution in [0.25, 0.3) is 0 Å². The zero-order valence-electron chi connectivity index (χ0n) is 9.92. The molecule has 0 amide bonds. The lowest BCUT2D eigenvalue weighted by molar-refractivity contribution is 0.415. The molecular formula is C13H15N3O. The second kappa shape index (κ2) is 4.74. The fourth-order valence-electron chi connectivity index (χ4n) is 1.63. The highest BCUT2D eigenvalue weighted by molar-refractivity contribution is 5.70. The first-order valence-corrected chi connectivity index (χ1v) is 5.30. The van der Waals surface area contributed by atoms with Crippen LogP contribution in [0, 0.1) is 0 Å². The first-order valence-electron chi connectivity index (χ1n) is 5.30. The van der Waals surface area contributed by atoms with Crippen molar-refractivity contribution < 1.29 is 4.74 Å². The molecule has 1 aromatic heterocycles. The number of hydrogen-bond donors (Lipinski definition) is 1. The molecule has 2 aromatic rings. The van der Waals surface area contributed by atoms with Crippen LogP contribution in [0.15, 0.2) is 42.6 Å². The Morgan fingerprint density at radius 2 is 2.06 bits per heavy atom. The van der Waals surface area contributed by atoms with Gasteiger partial charge in [0.15, 0.2) is 5.82 Å². The highest BCUT2D eigenvalue weighted by Gasteiger charge is 2.08. The molecule has 4 nitrogen and oxygen atoms in total. The van der Waals surface area contributed by atoms with Crippen molar-refractivity contribution >= 4 is 17.2 Å². The lowest BCUT2D eigenvalue weighted by Gasteiger charge is -2.20. The van der Waals surface area contributed by atoms with E-state index < -0.39 is 0 Å². The third-order valence-electron chi connectivity index (χ3n) is 2.58. The zero-order chi connectivity index (χ0) is 12.3. The van der Waals surface area contributed by atoms with E-state index in [1.807, 2.05) is 48.3 Å². The molecule has 0 unspecified atom stereocenters. The van der Waals surface area contributed by atoms with E-state index in [-0.39, 0.29) is 0 Å². The number of methoxy groups -OCH3 is 1. The van der Waals surface area contributed by atoms with E-state index in [1.165, 1.54) is 0 Å². The molecule has 0 saturated heterocycles. The Hall–Kier alpha value is -2.23. The average molecular weight is 229 g/mol. The summed E-state index contributed by atoms with van der Waals surface area (Å²) in [7, 11) is 3.57. The number of pyridine rings is 1. The molecule has 0 saturated carbocycles. The number of aromatic nitrogens is 1. The second-order valence-electron chi connectivity index (χ2n) is 3.68. The zero-order valence-corrected chi connectivity index (χ0v) is 9.92. The van der Waals surface area contributed by atoms with E-state index in [1.54, 1.807) is 13.3 Å². The number of rotatable bonds is 3. The molecule has 0 aliphatic heterocycles. The average Bonchev–Trinajstić information content (AvgIpc) is 2.38. The van der Waals surface area contributed by atoms with E-state index in [0.717, 1.165) is 17.3 Å². The lowest BCUT2D eigenvalue weighted by Crippen LogP contribution is -2.13. The molecule has 1 heterocycles. The molecule has 17 heavy (non-hydrogen) atoms. The van der Waals surface area contributed by atoms with Crippen molar-refractivity contribution in [3.63, 3.8) is 0 Å². The summed E-state index contributed by atoms with van der Waals surface area (Å²) in [6.07, 6.45) is 1.72. The summed E-state index contributed by atoms with van der Waals surface area (Å²) in [6.45, 7) is 0. The SMILES string of the molecule is COc1cccc(N(C)c2ncccc2N)c1. The Morgan fingerprint density at radius 3 is 2.76 bits per heavy atom. The van der Waals surface area contributed by atoms with Crippen molar-refractivity contribution in [3.8, 4) is 5.75 Å². The molecule has 0 atom stereocenters. The quantitative estimate of drug-likeness (QED) is 0.878. The van der Waals surface area contributed by atoms with Crippen molar-refractivity contribution in [2.75, 3.05) is 24.8 Å². The highest BCUT2D eigenvalue weighted by Crippen LogP contribution is 2.28. The summed E-state index contributed by atoms with van der Waals surface area (Å²) in [4.78, 5) is 6.20. The van der Waals surface area contributed by atoms with Gasteiger partial charge < -0.3 is 15.4 Å². The molecule has 2 N–H and O–H groups in total. The number of nitrogens with two attached hydrogens (primary N) is 1. The van der Waals surface area contributed by atoms with Crippen LogP contribution in [0.3, 0.4) is 0 Å². The number of nitrogens with zero attached hydrogens (tertiary/aromatic N) is 2. The van der Waals surface area contributed by atoms with E-state index in [0.29, 0.717) is 5.69 Å². The molecule has 0 radical (unpaired) electrons. The Morgan fingerprint density at radius 1 is 1.24 bits per heavy atom. The lowest BCUT2D eigenvalue weighted by atomic mass is 10.2. The minimum atomic E-state index is 0.651. The fourth-order valence-corrected chi connectivity index (χ4v) is 1.63. The van der Waals surface area contributed by atoms with Crippen molar-refractivity contribution in [2.45, 2.75) is 0 Å². The van der Waals surface area contributed by atoms with Crippen LogP contribution >= 0.6 is 0 Å². The first kappa shape index (κ1) is 11.3. The van der Waals surface area contributed by atoms with Gasteiger partial charge in [-0.1, -0.05) is 6.07 Å². The van der Waals surface area contributed by atoms with Crippen LogP contribution < -0.4 is 15.4 Å². The van der Waals surface area contributed by atoms with Crippen molar-refractivity contribution in [1.82, 2.24) is 4.98 Å². The highest BCUT2D eigenvalue weighted by atomic mass is 16.5. The Labute approximate surface area is 101 Å². The van der Waals surface area contributed by atoms with Crippen LogP contribution in [0.2, 0.25) is 0 Å². The molecule has 2 rings (SSSR count). The van der Waals surface area contributed by atoms with Crippen LogP contribution in [0.1, 0.15) is 0 Å². The largest absolute Gasteiger partial charge is 0.497 e. The van der Waals surface area contributed by atoms with Gasteiger partial charge in [0.05, 0.1) is 12.8 Å². The van der Waals surface area contributed by atoms with E-state index >= 15 is 0 Å². The monoisotopic (exact) mass is 229 g/mol. The fraction of sp³-hybridized carbons (Fsp3) is 0.154. The van der Waals surface area contributed by atoms with Crippen molar-refractivity contribution in [2.24, 2.45) is 0 Å². The predicted molar refractivity (Wildman–Crippen MR) is 69.7 cm³/mol. The molecule has 4 heteroatoms. The Kier molecular flexibility index (Phi) is 3.14. The third kappa shape index (κ3) is 2.30. The smallest absolute Gasteiger partial charge is 0.155 e. The summed E-state index contributed by atoms with van der Waals surface area (Å²) >= 11 is 0. The molecule has 0 aliphatic rings. The summed E-state index contributed by atoms with van der Waals surface area (Å²) in [5.74, 6) is 1.55. The number of benzene rings is 1. The second-order valence-corrected chi connectivity index (χ2v) is 3.68. The maximum Gasteiger partial charge on any atom is 0.155 e. The van der Waals surface area contributed by atoms with Gasteiger partial charge in [0.25, 0.3) is 0 Å². The summed E-state index contributed by atoms with van der Waals surface area (Å²) in [6, 6.07) is 11.4.